The molecule has 1 fully saturated rings. The van der Waals surface area contributed by atoms with Gasteiger partial charge in [0.05, 0.1) is 0 Å². The standard InChI is InChI=1S/C18H25N3O3/c1-13(22)19-16-8-10-17(11-9-16)21(14(2)23)12-18(24)20-15-6-4-3-5-7-15/h8-11,15H,3-7,12H2,1-2H3,(H,19,22)(H,20,24). The molecule has 1 saturated carbocycles. The van der Waals surface area contributed by atoms with E-state index in [2.05, 4.69) is 10.6 Å². The van der Waals surface area contributed by atoms with Crippen molar-refractivity contribution in [3.63, 3.8) is 0 Å². The molecule has 0 atom stereocenters. The van der Waals surface area contributed by atoms with Crippen molar-refractivity contribution in [1.29, 1.82) is 0 Å². The average molecular weight is 331 g/mol. The lowest BCUT2D eigenvalue weighted by Crippen LogP contribution is -2.44. The van der Waals surface area contributed by atoms with Gasteiger partial charge in [-0.2, -0.15) is 0 Å². The van der Waals surface area contributed by atoms with Crippen LogP contribution < -0.4 is 15.5 Å². The molecular weight excluding hydrogens is 306 g/mol. The number of nitrogens with zero attached hydrogens (tertiary/aromatic N) is 1. The maximum absolute atomic E-state index is 12.2. The third-order valence-electron chi connectivity index (χ3n) is 4.15. The molecule has 1 aliphatic carbocycles. The molecule has 0 aliphatic heterocycles. The maximum atomic E-state index is 12.2. The zero-order valence-corrected chi connectivity index (χ0v) is 14.3. The van der Waals surface area contributed by atoms with E-state index in [-0.39, 0.29) is 30.3 Å². The lowest BCUT2D eigenvalue weighted by molar-refractivity contribution is -0.123. The molecule has 0 aromatic heterocycles. The smallest absolute Gasteiger partial charge is 0.240 e. The molecule has 1 aliphatic rings. The summed E-state index contributed by atoms with van der Waals surface area (Å²) in [6.45, 7) is 2.88. The van der Waals surface area contributed by atoms with Gasteiger partial charge in [-0.3, -0.25) is 14.4 Å². The molecule has 0 saturated heterocycles. The highest BCUT2D eigenvalue weighted by molar-refractivity contribution is 5.98. The Morgan fingerprint density at radius 2 is 1.67 bits per heavy atom. The highest BCUT2D eigenvalue weighted by atomic mass is 16.2. The first kappa shape index (κ1) is 18.0. The molecule has 0 spiro atoms. The molecular formula is C18H25N3O3. The minimum absolute atomic E-state index is 0.00527. The van der Waals surface area contributed by atoms with Gasteiger partial charge in [-0.1, -0.05) is 19.3 Å². The molecule has 24 heavy (non-hydrogen) atoms. The number of hydrogen-bond donors (Lipinski definition) is 2. The second-order valence-corrected chi connectivity index (χ2v) is 6.24. The molecule has 6 nitrogen and oxygen atoms in total. The van der Waals surface area contributed by atoms with Crippen LogP contribution in [0.4, 0.5) is 11.4 Å². The number of rotatable bonds is 5. The van der Waals surface area contributed by atoms with Gasteiger partial charge in [-0.15, -0.1) is 0 Å². The predicted molar refractivity (Wildman–Crippen MR) is 93.8 cm³/mol. The summed E-state index contributed by atoms with van der Waals surface area (Å²) in [5.41, 5.74) is 1.29. The fourth-order valence-electron chi connectivity index (χ4n) is 2.98. The van der Waals surface area contributed by atoms with Crippen molar-refractivity contribution >= 4 is 29.1 Å². The molecule has 1 aromatic rings. The van der Waals surface area contributed by atoms with E-state index in [1.165, 1.54) is 25.2 Å². The first-order valence-electron chi connectivity index (χ1n) is 8.41. The molecule has 130 valence electrons. The van der Waals surface area contributed by atoms with Crippen LogP contribution >= 0.6 is 0 Å². The third-order valence-corrected chi connectivity index (χ3v) is 4.15. The topological polar surface area (TPSA) is 78.5 Å². The van der Waals surface area contributed by atoms with Crippen LogP contribution in [0.1, 0.15) is 46.0 Å². The van der Waals surface area contributed by atoms with Crippen molar-refractivity contribution in [2.45, 2.75) is 52.0 Å². The number of nitrogens with one attached hydrogen (secondary N) is 2. The van der Waals surface area contributed by atoms with Crippen molar-refractivity contribution in [2.75, 3.05) is 16.8 Å². The fraction of sp³-hybridized carbons (Fsp3) is 0.500. The van der Waals surface area contributed by atoms with Crippen molar-refractivity contribution < 1.29 is 14.4 Å². The van der Waals surface area contributed by atoms with Crippen LogP contribution in [-0.4, -0.2) is 30.3 Å². The quantitative estimate of drug-likeness (QED) is 0.870. The zero-order chi connectivity index (χ0) is 17.5. The Kier molecular flexibility index (Phi) is 6.35. The van der Waals surface area contributed by atoms with E-state index in [0.29, 0.717) is 11.4 Å². The van der Waals surface area contributed by atoms with Gasteiger partial charge in [-0.25, -0.2) is 0 Å². The van der Waals surface area contributed by atoms with Gasteiger partial charge in [0, 0.05) is 31.3 Å². The Hall–Kier alpha value is -2.37. The number of hydrogen-bond acceptors (Lipinski definition) is 3. The van der Waals surface area contributed by atoms with E-state index in [0.717, 1.165) is 25.7 Å². The Morgan fingerprint density at radius 3 is 2.21 bits per heavy atom. The monoisotopic (exact) mass is 331 g/mol. The minimum atomic E-state index is -0.193. The van der Waals surface area contributed by atoms with Gasteiger partial charge in [-0.05, 0) is 37.1 Å². The van der Waals surface area contributed by atoms with E-state index in [4.69, 9.17) is 0 Å². The summed E-state index contributed by atoms with van der Waals surface area (Å²) >= 11 is 0. The van der Waals surface area contributed by atoms with Crippen molar-refractivity contribution in [2.24, 2.45) is 0 Å². The number of anilines is 2. The molecule has 0 heterocycles. The summed E-state index contributed by atoms with van der Waals surface area (Å²) in [5, 5.41) is 5.70. The average Bonchev–Trinajstić information content (AvgIpc) is 2.54. The Balaban J connectivity index is 1.99. The van der Waals surface area contributed by atoms with Crippen LogP contribution in [0.3, 0.4) is 0 Å². The molecule has 6 heteroatoms. The summed E-state index contributed by atoms with van der Waals surface area (Å²) in [6, 6.07) is 7.10. The molecule has 3 amide bonds. The van der Waals surface area contributed by atoms with Crippen molar-refractivity contribution in [1.82, 2.24) is 5.32 Å². The fourth-order valence-corrected chi connectivity index (χ4v) is 2.98. The number of benzene rings is 1. The number of amides is 3. The first-order valence-corrected chi connectivity index (χ1v) is 8.41. The molecule has 1 aromatic carbocycles. The van der Waals surface area contributed by atoms with Gasteiger partial charge >= 0.3 is 0 Å². The highest BCUT2D eigenvalue weighted by Crippen LogP contribution is 2.19. The molecule has 0 unspecified atom stereocenters. The van der Waals surface area contributed by atoms with Crippen LogP contribution in [0.15, 0.2) is 24.3 Å². The summed E-state index contributed by atoms with van der Waals surface area (Å²) in [5.74, 6) is -0.484. The summed E-state index contributed by atoms with van der Waals surface area (Å²) in [4.78, 5) is 36.6. The summed E-state index contributed by atoms with van der Waals surface area (Å²) in [6.07, 6.45) is 5.54. The van der Waals surface area contributed by atoms with Crippen LogP contribution in [0.2, 0.25) is 0 Å². The van der Waals surface area contributed by atoms with Gasteiger partial charge in [0.2, 0.25) is 17.7 Å². The van der Waals surface area contributed by atoms with E-state index < -0.39 is 0 Å². The van der Waals surface area contributed by atoms with Gasteiger partial charge in [0.1, 0.15) is 6.54 Å². The summed E-state index contributed by atoms with van der Waals surface area (Å²) in [7, 11) is 0. The maximum Gasteiger partial charge on any atom is 0.240 e. The van der Waals surface area contributed by atoms with Crippen LogP contribution in [0, 0.1) is 0 Å². The van der Waals surface area contributed by atoms with E-state index >= 15 is 0 Å². The number of carbonyl (C=O) groups excluding carboxylic acids is 3. The Morgan fingerprint density at radius 1 is 1.04 bits per heavy atom. The Labute approximate surface area is 142 Å². The molecule has 0 radical (unpaired) electrons. The van der Waals surface area contributed by atoms with Crippen molar-refractivity contribution in [3.05, 3.63) is 24.3 Å². The second-order valence-electron chi connectivity index (χ2n) is 6.24. The van der Waals surface area contributed by atoms with E-state index in [9.17, 15) is 14.4 Å². The lowest BCUT2D eigenvalue weighted by Gasteiger charge is -2.25. The summed E-state index contributed by atoms with van der Waals surface area (Å²) < 4.78 is 0. The normalized spacial score (nSPS) is 14.8. The van der Waals surface area contributed by atoms with Crippen LogP contribution in [-0.2, 0) is 14.4 Å². The van der Waals surface area contributed by atoms with Gasteiger partial charge in [0.25, 0.3) is 0 Å². The second kappa shape index (κ2) is 8.47. The highest BCUT2D eigenvalue weighted by Gasteiger charge is 2.20. The van der Waals surface area contributed by atoms with Gasteiger partial charge in [0.15, 0.2) is 0 Å². The number of carbonyl (C=O) groups is 3. The first-order chi connectivity index (χ1) is 11.5. The molecule has 2 N–H and O–H groups in total. The predicted octanol–water partition coefficient (Wildman–Crippen LogP) is 2.45. The Bertz CT molecular complexity index is 592. The van der Waals surface area contributed by atoms with Crippen LogP contribution in [0.5, 0.6) is 0 Å². The van der Waals surface area contributed by atoms with Crippen LogP contribution in [0.25, 0.3) is 0 Å². The molecule has 2 rings (SSSR count). The van der Waals surface area contributed by atoms with E-state index in [1.54, 1.807) is 24.3 Å². The van der Waals surface area contributed by atoms with Gasteiger partial charge < -0.3 is 15.5 Å². The minimum Gasteiger partial charge on any atom is -0.352 e. The zero-order valence-electron chi connectivity index (χ0n) is 14.3. The van der Waals surface area contributed by atoms with E-state index in [1.807, 2.05) is 0 Å². The molecule has 0 bridgehead atoms. The lowest BCUT2D eigenvalue weighted by atomic mass is 9.95. The third kappa shape index (κ3) is 5.37. The van der Waals surface area contributed by atoms with Crippen molar-refractivity contribution in [3.8, 4) is 0 Å². The SMILES string of the molecule is CC(=O)Nc1ccc(N(CC(=O)NC2CCCCC2)C(C)=O)cc1. The largest absolute Gasteiger partial charge is 0.352 e.